The number of hydrogen-bond acceptors (Lipinski definition) is 4. The fourth-order valence-electron chi connectivity index (χ4n) is 1.02. The molecular weight excluding hydrogens is 257 g/mol. The first kappa shape index (κ1) is 12.7. The summed E-state index contributed by atoms with van der Waals surface area (Å²) in [4.78, 5) is 10.5. The summed E-state index contributed by atoms with van der Waals surface area (Å²) >= 11 is 11.6. The lowest BCUT2D eigenvalue weighted by molar-refractivity contribution is 0.249. The molecule has 0 unspecified atom stereocenters. The number of halogens is 2. The van der Waals surface area contributed by atoms with Gasteiger partial charge in [0.1, 0.15) is 0 Å². The molecule has 1 rings (SSSR count). The zero-order chi connectivity index (χ0) is 12.3. The lowest BCUT2D eigenvalue weighted by atomic mass is 10.3. The summed E-state index contributed by atoms with van der Waals surface area (Å²) in [5.41, 5.74) is 6.63. The summed E-state index contributed by atoms with van der Waals surface area (Å²) in [5, 5.41) is 11.8. The Morgan fingerprint density at radius 2 is 2.00 bits per heavy atom. The van der Waals surface area contributed by atoms with Crippen LogP contribution in [-0.2, 0) is 0 Å². The largest absolute Gasteiger partial charge is 0.739 e. The molecule has 0 radical (unpaired) electrons. The quantitative estimate of drug-likeness (QED) is 0.816. The van der Waals surface area contributed by atoms with E-state index in [0.29, 0.717) is 0 Å². The molecular formula is C8H8Cl2N3O3-. The number of nitrogens with zero attached hydrogens (tertiary/aromatic N) is 1. The number of nitrogens with one attached hydrogen (secondary N) is 1. The van der Waals surface area contributed by atoms with E-state index in [0.717, 1.165) is 0 Å². The Balaban J connectivity index is 3.03. The van der Waals surface area contributed by atoms with E-state index in [-0.39, 0.29) is 26.7 Å². The molecule has 1 aromatic carbocycles. The molecule has 3 N–H and O–H groups in total. The predicted octanol–water partition coefficient (Wildman–Crippen LogP) is 1.89. The van der Waals surface area contributed by atoms with Gasteiger partial charge in [-0.05, 0) is 12.1 Å². The number of carbonyl (C=O) groups is 1. The third-order valence-corrected chi connectivity index (χ3v) is 2.19. The van der Waals surface area contributed by atoms with Gasteiger partial charge in [0.2, 0.25) is 0 Å². The number of nitrogens with two attached hydrogens (primary N) is 1. The number of amides is 2. The van der Waals surface area contributed by atoms with Crippen LogP contribution in [0.2, 0.25) is 10.0 Å². The van der Waals surface area contributed by atoms with Crippen molar-refractivity contribution in [3.63, 3.8) is 0 Å². The molecule has 0 aliphatic rings. The molecule has 8 heteroatoms. The molecule has 0 atom stereocenters. The van der Waals surface area contributed by atoms with Crippen molar-refractivity contribution in [1.82, 2.24) is 5.43 Å². The normalized spacial score (nSPS) is 9.75. The van der Waals surface area contributed by atoms with Gasteiger partial charge in [-0.2, -0.15) is 0 Å². The van der Waals surface area contributed by atoms with Crippen molar-refractivity contribution in [2.75, 3.05) is 12.3 Å². The summed E-state index contributed by atoms with van der Waals surface area (Å²) in [6.45, 7) is 0. The average Bonchev–Trinajstić information content (AvgIpc) is 2.16. The summed E-state index contributed by atoms with van der Waals surface area (Å²) < 4.78 is 4.90. The minimum atomic E-state index is -0.988. The zero-order valence-corrected chi connectivity index (χ0v) is 9.67. The number of primary amides is 1. The molecule has 0 heterocycles. The van der Waals surface area contributed by atoms with Crippen molar-refractivity contribution < 1.29 is 9.53 Å². The molecule has 6 nitrogen and oxygen atoms in total. The third-order valence-electron chi connectivity index (χ3n) is 1.63. The van der Waals surface area contributed by atoms with Crippen molar-refractivity contribution in [2.45, 2.75) is 0 Å². The van der Waals surface area contributed by atoms with E-state index >= 15 is 0 Å². The standard InChI is InChI=1S/C8H8Cl2N3O3/c1-16-7-5(9)2-4(3-6(7)10)13(15)12-8(11)14/h2-3H,1H3,(H3,11,12,14)/q-1. The topological polar surface area (TPSA) is 90.7 Å². The van der Waals surface area contributed by atoms with Crippen LogP contribution in [0, 0.1) is 5.21 Å². The molecule has 1 aromatic rings. The first-order valence-electron chi connectivity index (χ1n) is 4.02. The number of benzene rings is 1. The first-order valence-corrected chi connectivity index (χ1v) is 4.77. The van der Waals surface area contributed by atoms with Gasteiger partial charge in [-0.25, -0.2) is 4.79 Å². The predicted molar refractivity (Wildman–Crippen MR) is 61.6 cm³/mol. The van der Waals surface area contributed by atoms with Gasteiger partial charge in [0.05, 0.1) is 17.2 Å². The van der Waals surface area contributed by atoms with E-state index in [2.05, 4.69) is 0 Å². The highest BCUT2D eigenvalue weighted by Gasteiger charge is 2.09. The van der Waals surface area contributed by atoms with Gasteiger partial charge >= 0.3 is 6.03 Å². The summed E-state index contributed by atoms with van der Waals surface area (Å²) in [5.74, 6) is 0.250. The Kier molecular flexibility index (Phi) is 4.05. The number of anilines is 1. The molecule has 0 fully saturated rings. The van der Waals surface area contributed by atoms with Gasteiger partial charge in [-0.15, -0.1) is 0 Å². The minimum Gasteiger partial charge on any atom is -0.739 e. The maximum Gasteiger partial charge on any atom is 0.330 e. The van der Waals surface area contributed by atoms with Gasteiger partial charge in [-0.3, -0.25) is 5.43 Å². The van der Waals surface area contributed by atoms with Crippen LogP contribution in [0.4, 0.5) is 10.5 Å². The second kappa shape index (κ2) is 5.11. The Hall–Kier alpha value is -1.37. The molecule has 0 spiro atoms. The van der Waals surface area contributed by atoms with Gasteiger partial charge in [0.15, 0.2) is 5.75 Å². The van der Waals surface area contributed by atoms with Gasteiger partial charge in [0.25, 0.3) is 0 Å². The molecule has 0 aliphatic carbocycles. The fourth-order valence-corrected chi connectivity index (χ4v) is 1.65. The second-order valence-electron chi connectivity index (χ2n) is 2.71. The highest BCUT2D eigenvalue weighted by Crippen LogP contribution is 2.36. The molecule has 0 saturated carbocycles. The maximum atomic E-state index is 11.3. The zero-order valence-electron chi connectivity index (χ0n) is 8.16. The molecule has 16 heavy (non-hydrogen) atoms. The number of hydrazine groups is 1. The number of methoxy groups -OCH3 is 1. The average molecular weight is 265 g/mol. The second-order valence-corrected chi connectivity index (χ2v) is 3.53. The van der Waals surface area contributed by atoms with E-state index in [4.69, 9.17) is 33.7 Å². The third kappa shape index (κ3) is 2.82. The van der Waals surface area contributed by atoms with E-state index in [1.165, 1.54) is 19.2 Å². The highest BCUT2D eigenvalue weighted by atomic mass is 35.5. The number of rotatable bonds is 3. The van der Waals surface area contributed by atoms with Crippen LogP contribution in [0.25, 0.3) is 0 Å². The number of carbonyl (C=O) groups excluding carboxylic acids is 1. The number of urea groups is 1. The molecule has 0 bridgehead atoms. The van der Waals surface area contributed by atoms with Crippen molar-refractivity contribution in [1.29, 1.82) is 0 Å². The summed E-state index contributed by atoms with van der Waals surface area (Å²) in [7, 11) is 1.39. The summed E-state index contributed by atoms with van der Waals surface area (Å²) in [6, 6.07) is 1.59. The molecule has 2 amide bonds. The van der Waals surface area contributed by atoms with E-state index in [9.17, 15) is 10.0 Å². The Labute approximate surface area is 101 Å². The molecule has 0 aromatic heterocycles. The van der Waals surface area contributed by atoms with Gasteiger partial charge < -0.3 is 20.9 Å². The minimum absolute atomic E-state index is 0.0367. The lowest BCUT2D eigenvalue weighted by Crippen LogP contribution is -2.41. The number of hydrogen-bond donors (Lipinski definition) is 2. The van der Waals surface area contributed by atoms with Crippen LogP contribution in [0.5, 0.6) is 5.75 Å². The SMILES string of the molecule is COc1c(Cl)cc(N([O-])NC(N)=O)cc1Cl. The van der Waals surface area contributed by atoms with Crippen LogP contribution < -0.4 is 21.1 Å². The van der Waals surface area contributed by atoms with Crippen molar-refractivity contribution >= 4 is 34.9 Å². The lowest BCUT2D eigenvalue weighted by Gasteiger charge is -2.30. The fraction of sp³-hybridized carbons (Fsp3) is 0.125. The molecule has 0 aliphatic heterocycles. The van der Waals surface area contributed by atoms with Gasteiger partial charge in [-0.1, -0.05) is 23.2 Å². The van der Waals surface area contributed by atoms with E-state index in [1.807, 2.05) is 5.43 Å². The Morgan fingerprint density at radius 1 is 1.50 bits per heavy atom. The van der Waals surface area contributed by atoms with E-state index in [1.54, 1.807) is 0 Å². The monoisotopic (exact) mass is 264 g/mol. The van der Waals surface area contributed by atoms with Crippen molar-refractivity contribution in [2.24, 2.45) is 5.73 Å². The van der Waals surface area contributed by atoms with Crippen LogP contribution in [0.15, 0.2) is 12.1 Å². The first-order chi connectivity index (χ1) is 7.45. The van der Waals surface area contributed by atoms with Crippen LogP contribution in [0.1, 0.15) is 0 Å². The van der Waals surface area contributed by atoms with Crippen molar-refractivity contribution in [3.8, 4) is 5.75 Å². The maximum absolute atomic E-state index is 11.3. The van der Waals surface area contributed by atoms with Gasteiger partial charge in [0, 0.05) is 5.69 Å². The highest BCUT2D eigenvalue weighted by molar-refractivity contribution is 6.37. The smallest absolute Gasteiger partial charge is 0.330 e. The molecule has 88 valence electrons. The van der Waals surface area contributed by atoms with Crippen LogP contribution in [0.3, 0.4) is 0 Å². The van der Waals surface area contributed by atoms with Crippen molar-refractivity contribution in [3.05, 3.63) is 27.4 Å². The van der Waals surface area contributed by atoms with Crippen LogP contribution in [-0.4, -0.2) is 13.1 Å². The molecule has 0 saturated heterocycles. The van der Waals surface area contributed by atoms with E-state index < -0.39 is 6.03 Å². The van der Waals surface area contributed by atoms with Crippen LogP contribution >= 0.6 is 23.2 Å². The summed E-state index contributed by atoms with van der Waals surface area (Å²) in [6.07, 6.45) is 0. The number of ether oxygens (including phenoxy) is 1. The Bertz CT molecular complexity index is 391. The Morgan fingerprint density at radius 3 is 2.38 bits per heavy atom.